The van der Waals surface area contributed by atoms with Gasteiger partial charge in [0.25, 0.3) is 11.7 Å². The number of nitrogens with one attached hydrogen (secondary N) is 1. The van der Waals surface area contributed by atoms with Crippen LogP contribution in [0.3, 0.4) is 0 Å². The highest BCUT2D eigenvalue weighted by Crippen LogP contribution is 2.29. The van der Waals surface area contributed by atoms with Gasteiger partial charge in [-0.2, -0.15) is 0 Å². The van der Waals surface area contributed by atoms with Crippen LogP contribution in [0, 0.1) is 20.8 Å². The summed E-state index contributed by atoms with van der Waals surface area (Å²) in [5.41, 5.74) is 9.21. The van der Waals surface area contributed by atoms with E-state index < -0.39 is 71.4 Å². The summed E-state index contributed by atoms with van der Waals surface area (Å²) >= 11 is 3.36. The van der Waals surface area contributed by atoms with Crippen LogP contribution in [0.5, 0.6) is 11.5 Å². The number of nitrogens with zero attached hydrogens (tertiary/aromatic N) is 5. The molecule has 0 unspecified atom stereocenters. The van der Waals surface area contributed by atoms with E-state index in [1.165, 1.54) is 60.9 Å². The molecular weight excluding hydrogens is 1590 g/mol. The molecule has 600 valence electrons. The van der Waals surface area contributed by atoms with Crippen molar-refractivity contribution in [1.82, 2.24) is 24.9 Å². The molecule has 13 aromatic rings. The highest BCUT2D eigenvalue weighted by molar-refractivity contribution is 9.08. The largest absolute Gasteiger partial charge is 0.489 e. The molecule has 5 aromatic heterocycles. The Kier molecular flexibility index (Phi) is 29.4. The summed E-state index contributed by atoms with van der Waals surface area (Å²) in [6.45, 7) is 6.22. The molecule has 0 bridgehead atoms. The summed E-state index contributed by atoms with van der Waals surface area (Å²) < 4.78 is 39.7. The van der Waals surface area contributed by atoms with Crippen LogP contribution in [0.15, 0.2) is 200 Å². The van der Waals surface area contributed by atoms with E-state index in [1.54, 1.807) is 72.8 Å². The summed E-state index contributed by atoms with van der Waals surface area (Å²) in [6.07, 6.45) is 0. The van der Waals surface area contributed by atoms with Gasteiger partial charge in [-0.25, -0.2) is 72.9 Å². The molecule has 14 rings (SSSR count). The van der Waals surface area contributed by atoms with Gasteiger partial charge in [-0.3, -0.25) is 9.59 Å². The van der Waals surface area contributed by atoms with Gasteiger partial charge in [0.2, 0.25) is 0 Å². The Morgan fingerprint density at radius 2 is 0.627 bits per heavy atom. The molecule has 0 aliphatic carbocycles. The smallest absolute Gasteiger partial charge is 0.356 e. The minimum absolute atomic E-state index is 0.0453. The molecule has 0 saturated heterocycles. The number of Topliss-reactive ketones (excluding diaryl/α,β-unsaturated/α-hetero) is 1. The second-order valence-electron chi connectivity index (χ2n) is 25.2. The number of hydrogen-bond donors (Lipinski definition) is 5. The lowest BCUT2D eigenvalue weighted by molar-refractivity contribution is -0.112. The molecule has 5 N–H and O–H groups in total. The second-order valence-corrected chi connectivity index (χ2v) is 25.8. The van der Waals surface area contributed by atoms with Crippen LogP contribution in [0.25, 0.3) is 54.5 Å². The zero-order valence-electron chi connectivity index (χ0n) is 64.2. The van der Waals surface area contributed by atoms with Crippen LogP contribution in [0.1, 0.15) is 148 Å². The van der Waals surface area contributed by atoms with Crippen molar-refractivity contribution in [2.24, 2.45) is 0 Å². The third kappa shape index (κ3) is 21.7. The number of benzene rings is 8. The molecule has 31 heteroatoms. The van der Waals surface area contributed by atoms with Gasteiger partial charge in [-0.1, -0.05) is 105 Å². The van der Waals surface area contributed by atoms with E-state index in [1.807, 2.05) is 118 Å². The first-order valence-electron chi connectivity index (χ1n) is 35.0. The van der Waals surface area contributed by atoms with E-state index in [2.05, 4.69) is 55.6 Å². The maximum absolute atomic E-state index is 12.1. The second kappa shape index (κ2) is 40.0. The number of hydrogen-bond acceptors (Lipinski definition) is 25. The molecule has 8 aromatic carbocycles. The standard InChI is InChI=1S/C20H17NO5.C18H13NO5.C14H12BrNO4.C14H13NO4.C12H9NO4.C9H7NO2/c1-24-19(22)16-11-18(20(23)25-2)21-17-9-8-13(10-15(16)17)12-26-14-6-4-3-5-7-14;20-17(21)14-9-16(18(22)23)19-15-7-6-11(8-13(14)15)10-24-12-4-2-1-3-5-12;1-19-13(17)10-6-12(14(18)20-2)16-11-4-3-8(7-15)5-9(10)11;1-8-4-5-11-9(6-8)10(13(16)18-2)7-12(15-11)14(17)19-3;1-6-2-3-9-7(4-6)8(11(14)15)5-10(13-9)12(16)17;1-5-2-3-7-6(4-5)8(11)9(12)10-7/h3-11H,12H2,1-2H3;1-9H,10H2,(H,20,21)(H,22,23);3-6H,7H2,1-2H3;4-7H,1-3H3;2-5H,1H3,(H,14,15)(H,16,17);2-4H,1H3,(H,10,11,12). The van der Waals surface area contributed by atoms with Gasteiger partial charge >= 0.3 is 59.7 Å². The first-order valence-corrected chi connectivity index (χ1v) is 36.1. The van der Waals surface area contributed by atoms with Gasteiger partial charge in [-0.15, -0.1) is 0 Å². The number of carbonyl (C=O) groups is 12. The third-order valence-electron chi connectivity index (χ3n) is 17.2. The number of ether oxygens (including phenoxy) is 8. The molecule has 0 fully saturated rings. The van der Waals surface area contributed by atoms with Gasteiger partial charge in [-0.05, 0) is 165 Å². The number of fused-ring (bicyclic) bond motifs is 6. The summed E-state index contributed by atoms with van der Waals surface area (Å²) in [5.74, 6) is -7.77. The fraction of sp³-hybridized carbons (Fsp3) is 0.138. The third-order valence-corrected chi connectivity index (χ3v) is 17.8. The zero-order chi connectivity index (χ0) is 85.6. The van der Waals surface area contributed by atoms with Crippen LogP contribution >= 0.6 is 15.9 Å². The van der Waals surface area contributed by atoms with Gasteiger partial charge in [0.05, 0.1) is 109 Å². The van der Waals surface area contributed by atoms with Crippen LogP contribution < -0.4 is 14.8 Å². The molecule has 6 heterocycles. The normalized spacial score (nSPS) is 10.8. The summed E-state index contributed by atoms with van der Waals surface area (Å²) in [7, 11) is 7.66. The summed E-state index contributed by atoms with van der Waals surface area (Å²) in [5, 5.41) is 42.1. The van der Waals surface area contributed by atoms with Crippen LogP contribution in [-0.2, 0) is 51.8 Å². The Hall–Kier alpha value is -15.3. The molecule has 1 amide bonds. The fourth-order valence-corrected chi connectivity index (χ4v) is 11.8. The van der Waals surface area contributed by atoms with E-state index in [0.29, 0.717) is 94.6 Å². The maximum Gasteiger partial charge on any atom is 0.356 e. The highest BCUT2D eigenvalue weighted by atomic mass is 79.9. The molecule has 1 aliphatic heterocycles. The Labute approximate surface area is 679 Å². The molecule has 30 nitrogen and oxygen atoms in total. The SMILES string of the molecule is COC(=O)c1cc(C(=O)OC)c2cc(C)ccc2n1.COC(=O)c1cc(C(=O)OC)c2cc(CBr)ccc2n1.COC(=O)c1cc(C(=O)OC)c2cc(COc3ccccc3)ccc2n1.Cc1ccc2c(c1)C(=O)C(=O)N2.Cc1ccc2nc(C(=O)O)cc(C(=O)O)c2c1.O=C(O)c1cc(C(=O)O)c2cc(COc3ccccc3)ccc2n1. The zero-order valence-corrected chi connectivity index (χ0v) is 65.8. The molecular formula is C87H71BrN6O24. The van der Waals surface area contributed by atoms with E-state index >= 15 is 0 Å². The van der Waals surface area contributed by atoms with Crippen LogP contribution in [0.2, 0.25) is 0 Å². The van der Waals surface area contributed by atoms with Gasteiger partial charge in [0, 0.05) is 32.3 Å². The number of aromatic nitrogens is 5. The quantitative estimate of drug-likeness (QED) is 0.0245. The average Bonchev–Trinajstić information content (AvgIpc) is 1.23. The Morgan fingerprint density at radius 1 is 0.331 bits per heavy atom. The number of methoxy groups -OCH3 is 6. The highest BCUT2D eigenvalue weighted by Gasteiger charge is 2.28. The molecule has 1 aliphatic rings. The van der Waals surface area contributed by atoms with Gasteiger partial charge in [0.15, 0.2) is 0 Å². The molecule has 0 atom stereocenters. The van der Waals surface area contributed by atoms with Crippen molar-refractivity contribution in [3.63, 3.8) is 0 Å². The predicted molar refractivity (Wildman–Crippen MR) is 432 cm³/mol. The lowest BCUT2D eigenvalue weighted by Gasteiger charge is -2.10. The number of aromatic carboxylic acids is 4. The first kappa shape index (κ1) is 86.7. The van der Waals surface area contributed by atoms with E-state index in [-0.39, 0.29) is 51.8 Å². The number of halogens is 1. The van der Waals surface area contributed by atoms with Crippen LogP contribution in [-0.4, -0.2) is 159 Å². The maximum atomic E-state index is 12.1. The number of aryl methyl sites for hydroxylation is 3. The molecule has 118 heavy (non-hydrogen) atoms. The van der Waals surface area contributed by atoms with Crippen molar-refractivity contribution in [2.75, 3.05) is 48.0 Å². The topological polar surface area (TPSA) is 436 Å². The number of ketones is 1. The Morgan fingerprint density at radius 3 is 0.975 bits per heavy atom. The van der Waals surface area contributed by atoms with Crippen molar-refractivity contribution in [3.8, 4) is 11.5 Å². The number of anilines is 1. The fourth-order valence-electron chi connectivity index (χ4n) is 11.4. The number of rotatable bonds is 17. The number of esters is 6. The Bertz CT molecular complexity index is 6120. The molecule has 0 radical (unpaired) electrons. The Balaban J connectivity index is 0.000000164. The van der Waals surface area contributed by atoms with Crippen molar-refractivity contribution in [2.45, 2.75) is 39.3 Å². The number of carbonyl (C=O) groups excluding carboxylic acids is 8. The van der Waals surface area contributed by atoms with Gasteiger partial charge in [0.1, 0.15) is 53.2 Å². The van der Waals surface area contributed by atoms with Gasteiger partial charge < -0.3 is 63.6 Å². The van der Waals surface area contributed by atoms with Crippen molar-refractivity contribution >= 4 is 148 Å². The van der Waals surface area contributed by atoms with E-state index in [9.17, 15) is 62.6 Å². The number of amides is 1. The monoisotopic (exact) mass is 1660 g/mol. The van der Waals surface area contributed by atoms with Crippen molar-refractivity contribution < 1.29 is 116 Å². The lowest BCUT2D eigenvalue weighted by Crippen LogP contribution is -2.12. The molecule has 0 saturated carbocycles. The number of alkyl halides is 1. The lowest BCUT2D eigenvalue weighted by atomic mass is 10.0. The van der Waals surface area contributed by atoms with Crippen molar-refractivity contribution in [3.05, 3.63) is 295 Å². The number of carboxylic acids is 4. The van der Waals surface area contributed by atoms with E-state index in [0.717, 1.165) is 51.3 Å². The van der Waals surface area contributed by atoms with Crippen LogP contribution in [0.4, 0.5) is 5.69 Å². The number of carboxylic acid groups (broad SMARTS) is 4. The first-order chi connectivity index (χ1) is 56.5. The van der Waals surface area contributed by atoms with E-state index in [4.69, 9.17) is 43.7 Å². The van der Waals surface area contributed by atoms with Crippen molar-refractivity contribution in [1.29, 1.82) is 0 Å². The summed E-state index contributed by atoms with van der Waals surface area (Å²) in [4.78, 5) is 158. The number of para-hydroxylation sites is 2. The number of pyridine rings is 5. The predicted octanol–water partition coefficient (Wildman–Crippen LogP) is 14.5. The average molecular weight is 1660 g/mol. The summed E-state index contributed by atoms with van der Waals surface area (Å²) in [6, 6.07) is 56.6. The minimum Gasteiger partial charge on any atom is -0.489 e. The minimum atomic E-state index is -1.27. The molecule has 0 spiro atoms.